The maximum absolute atomic E-state index is 5.78. The van der Waals surface area contributed by atoms with Gasteiger partial charge in [0.2, 0.25) is 5.95 Å². The zero-order valence-electron chi connectivity index (χ0n) is 11.3. The van der Waals surface area contributed by atoms with Gasteiger partial charge >= 0.3 is 0 Å². The molecule has 0 radical (unpaired) electrons. The smallest absolute Gasteiger partial charge is 0.223 e. The van der Waals surface area contributed by atoms with Gasteiger partial charge in [0.15, 0.2) is 0 Å². The van der Waals surface area contributed by atoms with Crippen molar-refractivity contribution in [1.82, 2.24) is 9.97 Å². The number of nitrogens with two attached hydrogens (primary N) is 1. The van der Waals surface area contributed by atoms with Crippen molar-refractivity contribution < 1.29 is 0 Å². The predicted octanol–water partition coefficient (Wildman–Crippen LogP) is 2.12. The first-order chi connectivity index (χ1) is 8.72. The van der Waals surface area contributed by atoms with E-state index >= 15 is 0 Å². The van der Waals surface area contributed by atoms with Gasteiger partial charge < -0.3 is 16.0 Å². The Labute approximate surface area is 109 Å². The first-order valence-electron chi connectivity index (χ1n) is 6.86. The largest absolute Gasteiger partial charge is 0.370 e. The minimum absolute atomic E-state index is 0.353. The zero-order chi connectivity index (χ0) is 13.0. The summed E-state index contributed by atoms with van der Waals surface area (Å²) in [7, 11) is 0. The third-order valence-electron chi connectivity index (χ3n) is 3.47. The molecule has 0 bridgehead atoms. The van der Waals surface area contributed by atoms with Crippen LogP contribution >= 0.6 is 0 Å². The fourth-order valence-corrected chi connectivity index (χ4v) is 2.33. The molecule has 18 heavy (non-hydrogen) atoms. The molecule has 0 saturated carbocycles. The van der Waals surface area contributed by atoms with E-state index in [2.05, 4.69) is 34.0 Å². The predicted molar refractivity (Wildman–Crippen MR) is 75.8 cm³/mol. The molecule has 0 aliphatic carbocycles. The lowest BCUT2D eigenvalue weighted by atomic mass is 10.1. The molecule has 5 nitrogen and oxygen atoms in total. The summed E-state index contributed by atoms with van der Waals surface area (Å²) in [5.41, 5.74) is 5.78. The molecule has 2 heterocycles. The lowest BCUT2D eigenvalue weighted by molar-refractivity contribution is 0.568. The topological polar surface area (TPSA) is 67.1 Å². The van der Waals surface area contributed by atoms with Gasteiger partial charge in [0.05, 0.1) is 0 Å². The second-order valence-corrected chi connectivity index (χ2v) is 4.91. The number of aromatic nitrogens is 2. The molecule has 1 fully saturated rings. The third kappa shape index (κ3) is 3.03. The van der Waals surface area contributed by atoms with Crippen molar-refractivity contribution in [2.45, 2.75) is 33.1 Å². The van der Waals surface area contributed by atoms with Crippen LogP contribution < -0.4 is 16.0 Å². The van der Waals surface area contributed by atoms with Crippen LogP contribution in [0.15, 0.2) is 6.07 Å². The van der Waals surface area contributed by atoms with Crippen LogP contribution in [0, 0.1) is 5.92 Å². The second kappa shape index (κ2) is 5.89. The highest BCUT2D eigenvalue weighted by molar-refractivity contribution is 5.53. The number of hydrogen-bond donors (Lipinski definition) is 2. The highest BCUT2D eigenvalue weighted by Gasteiger charge is 2.22. The van der Waals surface area contributed by atoms with Crippen LogP contribution in [0.4, 0.5) is 17.6 Å². The van der Waals surface area contributed by atoms with Gasteiger partial charge in [-0.3, -0.25) is 0 Å². The van der Waals surface area contributed by atoms with E-state index in [1.54, 1.807) is 0 Å². The highest BCUT2D eigenvalue weighted by atomic mass is 15.2. The Kier molecular flexibility index (Phi) is 4.23. The van der Waals surface area contributed by atoms with Crippen molar-refractivity contribution in [1.29, 1.82) is 0 Å². The standard InChI is InChI=1S/C13H23N5/c1-3-6-15-11-8-12(17-13(14)16-11)18-7-5-10(4-2)9-18/h8,10H,3-7,9H2,1-2H3,(H3,14,15,16,17). The van der Waals surface area contributed by atoms with Gasteiger partial charge in [0.1, 0.15) is 11.6 Å². The van der Waals surface area contributed by atoms with E-state index in [0.29, 0.717) is 5.95 Å². The quantitative estimate of drug-likeness (QED) is 0.836. The molecule has 0 amide bonds. The SMILES string of the molecule is CCCNc1cc(N2CCC(CC)C2)nc(N)n1. The van der Waals surface area contributed by atoms with Crippen molar-refractivity contribution in [3.8, 4) is 0 Å². The summed E-state index contributed by atoms with van der Waals surface area (Å²) in [6.07, 6.45) is 3.55. The van der Waals surface area contributed by atoms with Crippen LogP contribution in [0.2, 0.25) is 0 Å². The van der Waals surface area contributed by atoms with Gasteiger partial charge in [-0.25, -0.2) is 0 Å². The number of nitrogen functional groups attached to an aromatic ring is 1. The van der Waals surface area contributed by atoms with Gasteiger partial charge in [-0.2, -0.15) is 9.97 Å². The number of nitrogens with one attached hydrogen (secondary N) is 1. The summed E-state index contributed by atoms with van der Waals surface area (Å²) < 4.78 is 0. The van der Waals surface area contributed by atoms with Crippen molar-refractivity contribution in [3.63, 3.8) is 0 Å². The summed E-state index contributed by atoms with van der Waals surface area (Å²) in [4.78, 5) is 10.9. The summed E-state index contributed by atoms with van der Waals surface area (Å²) in [5.74, 6) is 2.93. The molecule has 1 unspecified atom stereocenters. The van der Waals surface area contributed by atoms with E-state index < -0.39 is 0 Å². The molecule has 1 aromatic heterocycles. The Morgan fingerprint density at radius 1 is 1.44 bits per heavy atom. The normalized spacial score (nSPS) is 19.2. The zero-order valence-corrected chi connectivity index (χ0v) is 11.3. The van der Waals surface area contributed by atoms with Gasteiger partial charge in [-0.05, 0) is 18.8 Å². The Morgan fingerprint density at radius 2 is 2.28 bits per heavy atom. The number of anilines is 3. The Bertz CT molecular complexity index is 393. The lowest BCUT2D eigenvalue weighted by Gasteiger charge is -2.18. The molecule has 0 spiro atoms. The molecule has 1 saturated heterocycles. The van der Waals surface area contributed by atoms with Gasteiger partial charge in [-0.15, -0.1) is 0 Å². The molecule has 1 atom stereocenters. The Morgan fingerprint density at radius 3 is 2.94 bits per heavy atom. The lowest BCUT2D eigenvalue weighted by Crippen LogP contribution is -2.21. The van der Waals surface area contributed by atoms with Gasteiger partial charge in [0.25, 0.3) is 0 Å². The number of hydrogen-bond acceptors (Lipinski definition) is 5. The van der Waals surface area contributed by atoms with Gasteiger partial charge in [0, 0.05) is 25.7 Å². The van der Waals surface area contributed by atoms with Crippen molar-refractivity contribution in [2.75, 3.05) is 35.6 Å². The molecule has 5 heteroatoms. The van der Waals surface area contributed by atoms with Crippen LogP contribution in [-0.4, -0.2) is 29.6 Å². The van der Waals surface area contributed by atoms with Crippen molar-refractivity contribution in [2.24, 2.45) is 5.92 Å². The van der Waals surface area contributed by atoms with E-state index in [1.807, 2.05) is 6.07 Å². The fourth-order valence-electron chi connectivity index (χ4n) is 2.33. The van der Waals surface area contributed by atoms with Crippen LogP contribution in [0.1, 0.15) is 33.1 Å². The Hall–Kier alpha value is -1.52. The first kappa shape index (κ1) is 12.9. The second-order valence-electron chi connectivity index (χ2n) is 4.91. The average molecular weight is 249 g/mol. The van der Waals surface area contributed by atoms with E-state index in [1.165, 1.54) is 12.8 Å². The van der Waals surface area contributed by atoms with E-state index in [4.69, 9.17) is 5.73 Å². The van der Waals surface area contributed by atoms with Crippen LogP contribution in [0.5, 0.6) is 0 Å². The monoisotopic (exact) mass is 249 g/mol. The number of nitrogens with zero attached hydrogens (tertiary/aromatic N) is 3. The molecular formula is C13H23N5. The molecule has 1 aliphatic heterocycles. The highest BCUT2D eigenvalue weighted by Crippen LogP contribution is 2.25. The summed E-state index contributed by atoms with van der Waals surface area (Å²) >= 11 is 0. The van der Waals surface area contributed by atoms with E-state index in [9.17, 15) is 0 Å². The Balaban J connectivity index is 2.10. The van der Waals surface area contributed by atoms with Gasteiger partial charge in [-0.1, -0.05) is 20.3 Å². The molecule has 100 valence electrons. The third-order valence-corrected chi connectivity index (χ3v) is 3.47. The minimum atomic E-state index is 0.353. The molecule has 0 aromatic carbocycles. The minimum Gasteiger partial charge on any atom is -0.370 e. The fraction of sp³-hybridized carbons (Fsp3) is 0.692. The summed E-state index contributed by atoms with van der Waals surface area (Å²) in [6, 6.07) is 2.00. The van der Waals surface area contributed by atoms with Crippen LogP contribution in [0.3, 0.4) is 0 Å². The van der Waals surface area contributed by atoms with E-state index in [-0.39, 0.29) is 0 Å². The summed E-state index contributed by atoms with van der Waals surface area (Å²) in [5, 5.41) is 3.27. The molecule has 1 aromatic rings. The number of rotatable bonds is 5. The summed E-state index contributed by atoms with van der Waals surface area (Å²) in [6.45, 7) is 7.44. The maximum atomic E-state index is 5.78. The van der Waals surface area contributed by atoms with Crippen LogP contribution in [0.25, 0.3) is 0 Å². The van der Waals surface area contributed by atoms with Crippen molar-refractivity contribution in [3.05, 3.63) is 6.07 Å². The molecular weight excluding hydrogens is 226 g/mol. The first-order valence-corrected chi connectivity index (χ1v) is 6.86. The van der Waals surface area contributed by atoms with Crippen molar-refractivity contribution >= 4 is 17.6 Å². The van der Waals surface area contributed by atoms with Crippen LogP contribution in [-0.2, 0) is 0 Å². The average Bonchev–Trinajstić information content (AvgIpc) is 2.84. The molecule has 1 aliphatic rings. The maximum Gasteiger partial charge on any atom is 0.223 e. The molecule has 2 rings (SSSR count). The van der Waals surface area contributed by atoms with E-state index in [0.717, 1.165) is 43.6 Å². The molecule has 3 N–H and O–H groups in total.